The minimum absolute atomic E-state index is 0.311. The maximum atomic E-state index is 5.58. The minimum atomic E-state index is 0.311. The smallest absolute Gasteiger partial charge is 0.0825 e. The van der Waals surface area contributed by atoms with Crippen molar-refractivity contribution in [2.24, 2.45) is 0 Å². The summed E-state index contributed by atoms with van der Waals surface area (Å²) in [6.07, 6.45) is 2.63. The van der Waals surface area contributed by atoms with E-state index in [9.17, 15) is 0 Å². The molecule has 1 aliphatic rings. The van der Waals surface area contributed by atoms with Crippen LogP contribution in [0, 0.1) is 0 Å². The third-order valence-corrected chi connectivity index (χ3v) is 2.24. The molecule has 2 rings (SSSR count). The van der Waals surface area contributed by atoms with Gasteiger partial charge in [0, 0.05) is 12.3 Å². The Hall–Kier alpha value is -1.02. The lowest BCUT2D eigenvalue weighted by Crippen LogP contribution is -1.95. The molecule has 2 N–H and O–H groups in total. The van der Waals surface area contributed by atoms with Crippen LogP contribution in [0.15, 0.2) is 24.3 Å². The van der Waals surface area contributed by atoms with E-state index in [0.29, 0.717) is 6.10 Å². The van der Waals surface area contributed by atoms with Crippen molar-refractivity contribution in [2.45, 2.75) is 18.9 Å². The number of rotatable bonds is 1. The third kappa shape index (κ3) is 1.43. The van der Waals surface area contributed by atoms with E-state index >= 15 is 0 Å². The summed E-state index contributed by atoms with van der Waals surface area (Å²) in [5.41, 5.74) is 7.65. The SMILES string of the molecule is Nc1ccc(C2CCCO2)cc1. The molecule has 0 radical (unpaired) electrons. The Morgan fingerprint density at radius 1 is 1.25 bits per heavy atom. The molecular formula is C10H13NO. The molecule has 0 aliphatic carbocycles. The van der Waals surface area contributed by atoms with Gasteiger partial charge in [-0.05, 0) is 30.5 Å². The number of nitrogen functional groups attached to an aromatic ring is 1. The Morgan fingerprint density at radius 3 is 2.58 bits per heavy atom. The highest BCUT2D eigenvalue weighted by molar-refractivity contribution is 5.39. The molecule has 1 aromatic carbocycles. The molecule has 1 aromatic rings. The predicted molar refractivity (Wildman–Crippen MR) is 48.8 cm³/mol. The minimum Gasteiger partial charge on any atom is -0.399 e. The second-order valence-electron chi connectivity index (χ2n) is 3.17. The Balaban J connectivity index is 2.17. The van der Waals surface area contributed by atoms with E-state index in [-0.39, 0.29) is 0 Å². The normalized spacial score (nSPS) is 22.8. The van der Waals surface area contributed by atoms with Gasteiger partial charge in [-0.1, -0.05) is 12.1 Å². The summed E-state index contributed by atoms with van der Waals surface area (Å²) in [7, 11) is 0. The molecule has 0 bridgehead atoms. The van der Waals surface area contributed by atoms with Crippen molar-refractivity contribution in [3.63, 3.8) is 0 Å². The number of ether oxygens (including phenoxy) is 1. The molecule has 0 spiro atoms. The summed E-state index contributed by atoms with van der Waals surface area (Å²) < 4.78 is 5.54. The number of nitrogens with two attached hydrogens (primary N) is 1. The van der Waals surface area contributed by atoms with Crippen LogP contribution in [0.2, 0.25) is 0 Å². The van der Waals surface area contributed by atoms with Crippen LogP contribution in [0.5, 0.6) is 0 Å². The highest BCUT2D eigenvalue weighted by Crippen LogP contribution is 2.28. The maximum Gasteiger partial charge on any atom is 0.0825 e. The van der Waals surface area contributed by atoms with Gasteiger partial charge in [0.1, 0.15) is 0 Å². The predicted octanol–water partition coefficient (Wildman–Crippen LogP) is 2.12. The zero-order chi connectivity index (χ0) is 8.39. The highest BCUT2D eigenvalue weighted by Gasteiger charge is 2.16. The second kappa shape index (κ2) is 3.15. The molecule has 64 valence electrons. The molecule has 1 saturated heterocycles. The van der Waals surface area contributed by atoms with Crippen molar-refractivity contribution in [1.82, 2.24) is 0 Å². The van der Waals surface area contributed by atoms with Crippen LogP contribution in [0.25, 0.3) is 0 Å². The van der Waals surface area contributed by atoms with E-state index in [0.717, 1.165) is 18.7 Å². The van der Waals surface area contributed by atoms with Crippen LogP contribution in [0.4, 0.5) is 5.69 Å². The number of anilines is 1. The quantitative estimate of drug-likeness (QED) is 0.643. The van der Waals surface area contributed by atoms with Crippen LogP contribution in [-0.2, 0) is 4.74 Å². The maximum absolute atomic E-state index is 5.58. The van der Waals surface area contributed by atoms with Crippen LogP contribution >= 0.6 is 0 Å². The highest BCUT2D eigenvalue weighted by atomic mass is 16.5. The molecule has 1 atom stereocenters. The van der Waals surface area contributed by atoms with Gasteiger partial charge in [0.25, 0.3) is 0 Å². The lowest BCUT2D eigenvalue weighted by molar-refractivity contribution is 0.112. The summed E-state index contributed by atoms with van der Waals surface area (Å²) >= 11 is 0. The average Bonchev–Trinajstić information content (AvgIpc) is 2.58. The first-order valence-corrected chi connectivity index (χ1v) is 4.33. The van der Waals surface area contributed by atoms with Crippen LogP contribution in [-0.4, -0.2) is 6.61 Å². The zero-order valence-corrected chi connectivity index (χ0v) is 6.99. The molecule has 1 fully saturated rings. The van der Waals surface area contributed by atoms with Crippen molar-refractivity contribution in [1.29, 1.82) is 0 Å². The van der Waals surface area contributed by atoms with Crippen molar-refractivity contribution >= 4 is 5.69 Å². The van der Waals surface area contributed by atoms with Crippen molar-refractivity contribution in [3.05, 3.63) is 29.8 Å². The topological polar surface area (TPSA) is 35.2 Å². The molecular weight excluding hydrogens is 150 g/mol. The summed E-state index contributed by atoms with van der Waals surface area (Å²) in [5, 5.41) is 0. The van der Waals surface area contributed by atoms with E-state index in [1.165, 1.54) is 12.0 Å². The summed E-state index contributed by atoms with van der Waals surface area (Å²) in [6.45, 7) is 0.898. The standard InChI is InChI=1S/C10H13NO/c11-9-5-3-8(4-6-9)10-2-1-7-12-10/h3-6,10H,1-2,7,11H2. The first-order valence-electron chi connectivity index (χ1n) is 4.33. The fourth-order valence-corrected chi connectivity index (χ4v) is 1.55. The van der Waals surface area contributed by atoms with E-state index in [4.69, 9.17) is 10.5 Å². The molecule has 2 nitrogen and oxygen atoms in total. The Kier molecular flexibility index (Phi) is 2.00. The van der Waals surface area contributed by atoms with Crippen molar-refractivity contribution in [2.75, 3.05) is 12.3 Å². The third-order valence-electron chi connectivity index (χ3n) is 2.24. The number of hydrogen-bond donors (Lipinski definition) is 1. The average molecular weight is 163 g/mol. The van der Waals surface area contributed by atoms with Gasteiger partial charge in [-0.2, -0.15) is 0 Å². The molecule has 0 saturated carbocycles. The van der Waals surface area contributed by atoms with Gasteiger partial charge in [-0.3, -0.25) is 0 Å². The molecule has 12 heavy (non-hydrogen) atoms. The molecule has 0 aromatic heterocycles. The molecule has 2 heteroatoms. The second-order valence-corrected chi connectivity index (χ2v) is 3.17. The van der Waals surface area contributed by atoms with Crippen LogP contribution in [0.3, 0.4) is 0 Å². The zero-order valence-electron chi connectivity index (χ0n) is 6.99. The van der Waals surface area contributed by atoms with Gasteiger partial charge in [0.05, 0.1) is 6.10 Å². The Labute approximate surface area is 72.3 Å². The van der Waals surface area contributed by atoms with E-state index < -0.39 is 0 Å². The largest absolute Gasteiger partial charge is 0.399 e. The van der Waals surface area contributed by atoms with Gasteiger partial charge in [0.15, 0.2) is 0 Å². The first kappa shape index (κ1) is 7.62. The fraction of sp³-hybridized carbons (Fsp3) is 0.400. The van der Waals surface area contributed by atoms with E-state index in [1.54, 1.807) is 0 Å². The van der Waals surface area contributed by atoms with Crippen molar-refractivity contribution < 1.29 is 4.74 Å². The van der Waals surface area contributed by atoms with Gasteiger partial charge in [-0.15, -0.1) is 0 Å². The molecule has 0 amide bonds. The summed E-state index contributed by atoms with van der Waals surface area (Å²) in [5.74, 6) is 0. The van der Waals surface area contributed by atoms with E-state index in [2.05, 4.69) is 0 Å². The number of hydrogen-bond acceptors (Lipinski definition) is 2. The first-order chi connectivity index (χ1) is 5.86. The van der Waals surface area contributed by atoms with Crippen molar-refractivity contribution in [3.8, 4) is 0 Å². The van der Waals surface area contributed by atoms with Gasteiger partial charge >= 0.3 is 0 Å². The summed E-state index contributed by atoms with van der Waals surface area (Å²) in [4.78, 5) is 0. The monoisotopic (exact) mass is 163 g/mol. The molecule has 1 aliphatic heterocycles. The lowest BCUT2D eigenvalue weighted by Gasteiger charge is -2.08. The van der Waals surface area contributed by atoms with E-state index in [1.807, 2.05) is 24.3 Å². The van der Waals surface area contributed by atoms with Gasteiger partial charge in [-0.25, -0.2) is 0 Å². The molecule has 1 unspecified atom stereocenters. The van der Waals surface area contributed by atoms with Crippen LogP contribution in [0.1, 0.15) is 24.5 Å². The summed E-state index contributed by atoms with van der Waals surface area (Å²) in [6, 6.07) is 7.95. The van der Waals surface area contributed by atoms with Crippen LogP contribution < -0.4 is 5.73 Å². The van der Waals surface area contributed by atoms with Gasteiger partial charge < -0.3 is 10.5 Å². The fourth-order valence-electron chi connectivity index (χ4n) is 1.55. The molecule has 1 heterocycles. The number of benzene rings is 1. The van der Waals surface area contributed by atoms with Gasteiger partial charge in [0.2, 0.25) is 0 Å². The lowest BCUT2D eigenvalue weighted by atomic mass is 10.1. The Morgan fingerprint density at radius 2 is 2.00 bits per heavy atom. The Bertz CT molecular complexity index is 249.